The van der Waals surface area contributed by atoms with Crippen LogP contribution in [0.2, 0.25) is 0 Å². The Kier molecular flexibility index (Phi) is 6.65. The molecular weight excluding hydrogens is 348 g/mol. The van der Waals surface area contributed by atoms with E-state index in [0.717, 1.165) is 25.7 Å². The van der Waals surface area contributed by atoms with E-state index < -0.39 is 6.04 Å². The van der Waals surface area contributed by atoms with Gasteiger partial charge in [0.15, 0.2) is 0 Å². The summed E-state index contributed by atoms with van der Waals surface area (Å²) >= 11 is 0. The van der Waals surface area contributed by atoms with Crippen LogP contribution in [0.25, 0.3) is 0 Å². The summed E-state index contributed by atoms with van der Waals surface area (Å²) in [7, 11) is 3.26. The Labute approximate surface area is 159 Å². The molecule has 2 amide bonds. The first kappa shape index (κ1) is 19.6. The van der Waals surface area contributed by atoms with Crippen molar-refractivity contribution in [2.45, 2.75) is 49.9 Å². The molecule has 0 spiro atoms. The lowest BCUT2D eigenvalue weighted by molar-refractivity contribution is -0.124. The topological polar surface area (TPSA) is 101 Å². The van der Waals surface area contributed by atoms with Crippen molar-refractivity contribution in [2.24, 2.45) is 0 Å². The van der Waals surface area contributed by atoms with Gasteiger partial charge in [0.1, 0.15) is 11.8 Å². The maximum atomic E-state index is 12.7. The van der Waals surface area contributed by atoms with E-state index in [9.17, 15) is 9.59 Å². The molecule has 0 bridgehead atoms. The minimum absolute atomic E-state index is 0.105. The number of hydrazine groups is 1. The molecule has 1 aromatic carbocycles. The third kappa shape index (κ3) is 4.77. The summed E-state index contributed by atoms with van der Waals surface area (Å²) in [6.45, 7) is 0.468. The highest BCUT2D eigenvalue weighted by Crippen LogP contribution is 2.21. The molecule has 2 aliphatic rings. The molecule has 3 rings (SSSR count). The van der Waals surface area contributed by atoms with E-state index in [2.05, 4.69) is 21.5 Å². The summed E-state index contributed by atoms with van der Waals surface area (Å²) in [5, 5.41) is 6.03. The third-order valence-corrected chi connectivity index (χ3v) is 5.29. The van der Waals surface area contributed by atoms with Crippen LogP contribution in [0.5, 0.6) is 5.75 Å². The summed E-state index contributed by atoms with van der Waals surface area (Å²) in [4.78, 5) is 25.3. The molecule has 8 heteroatoms. The fraction of sp³-hybridized carbons (Fsp3) is 0.579. The number of para-hydroxylation sites is 1. The summed E-state index contributed by atoms with van der Waals surface area (Å²) < 4.78 is 10.6. The molecular formula is C19H28N4O4. The number of amides is 2. The van der Waals surface area contributed by atoms with Crippen LogP contribution >= 0.6 is 0 Å². The highest BCUT2D eigenvalue weighted by atomic mass is 16.5. The largest absolute Gasteiger partial charge is 0.496 e. The molecule has 2 unspecified atom stereocenters. The van der Waals surface area contributed by atoms with Gasteiger partial charge >= 0.3 is 0 Å². The first-order chi connectivity index (χ1) is 13.1. The van der Waals surface area contributed by atoms with Gasteiger partial charge in [-0.1, -0.05) is 12.1 Å². The van der Waals surface area contributed by atoms with Crippen LogP contribution in [0.15, 0.2) is 24.3 Å². The smallest absolute Gasteiger partial charge is 0.255 e. The number of carbonyl (C=O) groups excluding carboxylic acids is 2. The fourth-order valence-electron chi connectivity index (χ4n) is 3.69. The zero-order valence-electron chi connectivity index (χ0n) is 15.8. The molecule has 2 fully saturated rings. The lowest BCUT2D eigenvalue weighted by atomic mass is 9.92. The lowest BCUT2D eigenvalue weighted by Crippen LogP contribution is -2.55. The van der Waals surface area contributed by atoms with Crippen LogP contribution in [0, 0.1) is 0 Å². The second-order valence-corrected chi connectivity index (χ2v) is 7.00. The summed E-state index contributed by atoms with van der Waals surface area (Å²) in [5.41, 5.74) is 6.38. The van der Waals surface area contributed by atoms with E-state index in [0.29, 0.717) is 17.9 Å². The van der Waals surface area contributed by atoms with Gasteiger partial charge in [0, 0.05) is 19.7 Å². The standard InChI is InChI=1S/C19H28N4O4/c1-26-13-9-7-12(8-10-13)21-19(25)17-15(11-20-23-17)22-18(24)14-5-3-4-6-16(14)27-2/h3-6,12-13,15,17,20,23H,7-11H2,1-2H3,(H,21,25)(H,22,24). The first-order valence-electron chi connectivity index (χ1n) is 9.37. The minimum atomic E-state index is -0.524. The zero-order valence-corrected chi connectivity index (χ0v) is 15.8. The van der Waals surface area contributed by atoms with E-state index in [4.69, 9.17) is 9.47 Å². The average Bonchev–Trinajstić information content (AvgIpc) is 3.16. The maximum Gasteiger partial charge on any atom is 0.255 e. The van der Waals surface area contributed by atoms with Gasteiger partial charge in [0.05, 0.1) is 24.8 Å². The lowest BCUT2D eigenvalue weighted by Gasteiger charge is -2.29. The zero-order chi connectivity index (χ0) is 19.2. The van der Waals surface area contributed by atoms with Gasteiger partial charge < -0.3 is 20.1 Å². The van der Waals surface area contributed by atoms with Crippen LogP contribution in [-0.4, -0.2) is 56.8 Å². The third-order valence-electron chi connectivity index (χ3n) is 5.29. The van der Waals surface area contributed by atoms with Gasteiger partial charge in [-0.3, -0.25) is 15.0 Å². The second kappa shape index (κ2) is 9.16. The number of hydrogen-bond acceptors (Lipinski definition) is 6. The second-order valence-electron chi connectivity index (χ2n) is 7.00. The monoisotopic (exact) mass is 376 g/mol. The van der Waals surface area contributed by atoms with E-state index in [1.54, 1.807) is 25.3 Å². The number of nitrogens with one attached hydrogen (secondary N) is 4. The number of ether oxygens (including phenoxy) is 2. The quantitative estimate of drug-likeness (QED) is 0.571. The van der Waals surface area contributed by atoms with Gasteiger partial charge in [-0.25, -0.2) is 5.43 Å². The van der Waals surface area contributed by atoms with Crippen LogP contribution in [0.3, 0.4) is 0 Å². The molecule has 1 heterocycles. The molecule has 0 aromatic heterocycles. The van der Waals surface area contributed by atoms with Crippen molar-refractivity contribution in [1.29, 1.82) is 0 Å². The van der Waals surface area contributed by atoms with Crippen molar-refractivity contribution in [3.8, 4) is 5.75 Å². The summed E-state index contributed by atoms with van der Waals surface area (Å²) in [5.74, 6) is 0.136. The minimum Gasteiger partial charge on any atom is -0.496 e. The number of carbonyl (C=O) groups is 2. The van der Waals surface area contributed by atoms with Crippen molar-refractivity contribution in [2.75, 3.05) is 20.8 Å². The van der Waals surface area contributed by atoms with E-state index >= 15 is 0 Å². The Morgan fingerprint density at radius 1 is 1.07 bits per heavy atom. The molecule has 2 atom stereocenters. The van der Waals surface area contributed by atoms with Gasteiger partial charge in [0.2, 0.25) is 5.91 Å². The van der Waals surface area contributed by atoms with Crippen LogP contribution in [0.4, 0.5) is 0 Å². The molecule has 1 aliphatic heterocycles. The van der Waals surface area contributed by atoms with E-state index in [1.165, 1.54) is 7.11 Å². The average molecular weight is 376 g/mol. The fourth-order valence-corrected chi connectivity index (χ4v) is 3.69. The maximum absolute atomic E-state index is 12.7. The van der Waals surface area contributed by atoms with Crippen molar-refractivity contribution < 1.29 is 19.1 Å². The van der Waals surface area contributed by atoms with E-state index in [-0.39, 0.29) is 30.0 Å². The molecule has 27 heavy (non-hydrogen) atoms. The van der Waals surface area contributed by atoms with Crippen molar-refractivity contribution in [1.82, 2.24) is 21.5 Å². The predicted molar refractivity (Wildman–Crippen MR) is 100 cm³/mol. The molecule has 1 aromatic rings. The summed E-state index contributed by atoms with van der Waals surface area (Å²) in [6, 6.07) is 6.30. The summed E-state index contributed by atoms with van der Waals surface area (Å²) in [6.07, 6.45) is 4.00. The van der Waals surface area contributed by atoms with Crippen LogP contribution < -0.4 is 26.2 Å². The number of hydrogen-bond donors (Lipinski definition) is 4. The first-order valence-corrected chi connectivity index (χ1v) is 9.37. The number of rotatable bonds is 6. The molecule has 1 saturated carbocycles. The highest BCUT2D eigenvalue weighted by Gasteiger charge is 2.35. The van der Waals surface area contributed by atoms with Crippen LogP contribution in [0.1, 0.15) is 36.0 Å². The normalized spacial score (nSPS) is 27.8. The number of methoxy groups -OCH3 is 2. The van der Waals surface area contributed by atoms with Crippen molar-refractivity contribution in [3.05, 3.63) is 29.8 Å². The van der Waals surface area contributed by atoms with Crippen LogP contribution in [-0.2, 0) is 9.53 Å². The van der Waals surface area contributed by atoms with Crippen molar-refractivity contribution in [3.63, 3.8) is 0 Å². The Morgan fingerprint density at radius 3 is 2.52 bits per heavy atom. The van der Waals surface area contributed by atoms with Gasteiger partial charge in [-0.15, -0.1) is 0 Å². The van der Waals surface area contributed by atoms with Crippen molar-refractivity contribution >= 4 is 11.8 Å². The molecule has 0 radical (unpaired) electrons. The number of benzene rings is 1. The van der Waals surface area contributed by atoms with E-state index in [1.807, 2.05) is 6.07 Å². The Hall–Kier alpha value is -2.16. The molecule has 1 aliphatic carbocycles. The molecule has 1 saturated heterocycles. The molecule has 8 nitrogen and oxygen atoms in total. The van der Waals surface area contributed by atoms with Gasteiger partial charge in [-0.2, -0.15) is 0 Å². The Balaban J connectivity index is 1.57. The SMILES string of the molecule is COc1ccccc1C(=O)NC1CNNC1C(=O)NC1CCC(OC)CC1. The predicted octanol–water partition coefficient (Wildman–Crippen LogP) is 0.344. The Morgan fingerprint density at radius 2 is 1.81 bits per heavy atom. The molecule has 148 valence electrons. The van der Waals surface area contributed by atoms with Gasteiger partial charge in [0.25, 0.3) is 5.91 Å². The Bertz CT molecular complexity index is 661. The molecule has 4 N–H and O–H groups in total. The van der Waals surface area contributed by atoms with Gasteiger partial charge in [-0.05, 0) is 37.8 Å². The highest BCUT2D eigenvalue weighted by molar-refractivity contribution is 5.97.